The van der Waals surface area contributed by atoms with Gasteiger partial charge in [-0.2, -0.15) is 14.0 Å². The summed E-state index contributed by atoms with van der Waals surface area (Å²) in [5.41, 5.74) is 11.8. The van der Waals surface area contributed by atoms with Crippen molar-refractivity contribution in [3.63, 3.8) is 0 Å². The van der Waals surface area contributed by atoms with Gasteiger partial charge >= 0.3 is 5.97 Å². The molecule has 2 amide bonds. The molecule has 1 aromatic carbocycles. The molecule has 1 fully saturated rings. The normalized spacial score (nSPS) is 16.9. The number of nitrogens with zero attached hydrogens (tertiary/aromatic N) is 5. The number of nitrogen functional groups attached to an aromatic ring is 1. The number of carbonyl (C=O) groups excluding carboxylic acids is 2. The smallest absolute Gasteiger partial charge is 0.349 e. The van der Waals surface area contributed by atoms with Crippen LogP contribution >= 0.6 is 11.3 Å². The molecule has 46 heavy (non-hydrogen) atoms. The predicted octanol–water partition coefficient (Wildman–Crippen LogP) is -0.849. The number of carboxylic acids is 1. The van der Waals surface area contributed by atoms with Gasteiger partial charge in [0.05, 0.1) is 30.4 Å². The van der Waals surface area contributed by atoms with E-state index in [1.807, 2.05) is 40.9 Å². The van der Waals surface area contributed by atoms with Gasteiger partial charge in [-0.25, -0.2) is 18.2 Å². The minimum atomic E-state index is -5.26. The molecule has 1 saturated heterocycles. The van der Waals surface area contributed by atoms with E-state index < -0.39 is 51.6 Å². The van der Waals surface area contributed by atoms with E-state index in [4.69, 9.17) is 16.3 Å². The van der Waals surface area contributed by atoms with Gasteiger partial charge in [0, 0.05) is 11.1 Å². The molecule has 2 atom stereocenters. The van der Waals surface area contributed by atoms with Gasteiger partial charge < -0.3 is 36.6 Å². The number of aryl methyl sites for hydroxylation is 2. The molecule has 20 heteroatoms. The zero-order valence-corrected chi connectivity index (χ0v) is 26.6. The summed E-state index contributed by atoms with van der Waals surface area (Å²) >= 11 is 0.966. The number of benzene rings is 1. The van der Waals surface area contributed by atoms with Gasteiger partial charge in [0.2, 0.25) is 22.7 Å². The Morgan fingerprint density at radius 1 is 1.28 bits per heavy atom. The van der Waals surface area contributed by atoms with Crippen LogP contribution in [0.5, 0.6) is 0 Å². The summed E-state index contributed by atoms with van der Waals surface area (Å²) in [7, 11) is -3.32. The van der Waals surface area contributed by atoms with E-state index in [1.165, 1.54) is 19.2 Å². The Labute approximate surface area is 267 Å². The van der Waals surface area contributed by atoms with Crippen molar-refractivity contribution in [3.05, 3.63) is 47.7 Å². The number of β-lactam (4-membered cyclic amide) rings is 1. The summed E-state index contributed by atoms with van der Waals surface area (Å²) in [6.07, 6.45) is 3.27. The van der Waals surface area contributed by atoms with Gasteiger partial charge in [-0.15, -0.1) is 16.0 Å². The highest BCUT2D eigenvalue weighted by Crippen LogP contribution is 2.33. The molecule has 0 spiro atoms. The first-order valence-electron chi connectivity index (χ1n) is 13.7. The maximum Gasteiger partial charge on any atom is 0.349 e. The highest BCUT2D eigenvalue weighted by atomic mass is 32.3. The van der Waals surface area contributed by atoms with Crippen LogP contribution in [0, 0.1) is 0 Å². The van der Waals surface area contributed by atoms with E-state index >= 15 is 0 Å². The number of nitrogens with one attached hydrogen (secondary N) is 2. The molecule has 7 N–H and O–H groups in total. The summed E-state index contributed by atoms with van der Waals surface area (Å²) in [5, 5.41) is 20.6. The molecule has 3 aromatic rings. The fourth-order valence-corrected chi connectivity index (χ4v) is 5.48. The summed E-state index contributed by atoms with van der Waals surface area (Å²) in [6.45, 7) is 3.81. The standard InChI is InChI=1S/C26H33N9O9S2/c1-26(2)21(23(37)35(26)44-46(40,41)42)31-22(36)20(18-14-45-25(28)30-18)32-43-19(24(38)39)11-29-17-7-5-15(6-8-17)16-12-33(3)34(13-16)10-4-9-27/h5-8,12-14,19,21,29H,4,9-11,27H2,1-3H3,(H4-,28,30,31,36,38,39,40,41,42)/t19?,21-/m1/s1. The Morgan fingerprint density at radius 2 is 1.98 bits per heavy atom. The summed E-state index contributed by atoms with van der Waals surface area (Å²) in [4.78, 5) is 46.9. The number of aliphatic carboxylic acids is 1. The van der Waals surface area contributed by atoms with Crippen molar-refractivity contribution in [1.82, 2.24) is 20.0 Å². The lowest BCUT2D eigenvalue weighted by atomic mass is 9.84. The minimum absolute atomic E-state index is 0.0663. The molecule has 2 aromatic heterocycles. The van der Waals surface area contributed by atoms with Crippen LogP contribution in [0.25, 0.3) is 11.1 Å². The molecule has 0 radical (unpaired) electrons. The van der Waals surface area contributed by atoms with Crippen molar-refractivity contribution in [3.8, 4) is 11.1 Å². The molecule has 1 aliphatic heterocycles. The quantitative estimate of drug-likeness (QED) is 0.0328. The average molecular weight is 680 g/mol. The molecule has 3 heterocycles. The molecule has 0 saturated carbocycles. The van der Waals surface area contributed by atoms with Crippen LogP contribution in [0.4, 0.5) is 10.8 Å². The zero-order chi connectivity index (χ0) is 33.8. The Bertz CT molecular complexity index is 1740. The van der Waals surface area contributed by atoms with E-state index in [0.29, 0.717) is 17.3 Å². The fraction of sp³-hybridized carbons (Fsp3) is 0.385. The largest absolute Gasteiger partial charge is 0.724 e. The SMILES string of the molecule is C[n+]1cc(-c2ccc(NCC(ON=C(C(=O)N[C@@H]3C(=O)N(OS(=O)(=O)[O-])C3(C)C)c3csc(N)n3)C(=O)O)cc2)cn1CCCN. The highest BCUT2D eigenvalue weighted by molar-refractivity contribution is 7.80. The molecular formula is C26H33N9O9S2. The zero-order valence-electron chi connectivity index (χ0n) is 24.9. The predicted molar refractivity (Wildman–Crippen MR) is 162 cm³/mol. The minimum Gasteiger partial charge on any atom is -0.724 e. The van der Waals surface area contributed by atoms with Crippen molar-refractivity contribution in [2.75, 3.05) is 24.1 Å². The molecule has 18 nitrogen and oxygen atoms in total. The third-order valence-electron chi connectivity index (χ3n) is 6.96. The van der Waals surface area contributed by atoms with Crippen LogP contribution in [-0.2, 0) is 47.5 Å². The number of hydrogen-bond donors (Lipinski definition) is 5. The lowest BCUT2D eigenvalue weighted by Crippen LogP contribution is -2.76. The van der Waals surface area contributed by atoms with Crippen molar-refractivity contribution in [2.24, 2.45) is 17.9 Å². The van der Waals surface area contributed by atoms with E-state index in [1.54, 1.807) is 12.1 Å². The van der Waals surface area contributed by atoms with E-state index in [2.05, 4.69) is 25.1 Å². The topological polar surface area (TPSA) is 260 Å². The van der Waals surface area contributed by atoms with Crippen LogP contribution in [0.2, 0.25) is 0 Å². The van der Waals surface area contributed by atoms with Crippen LogP contribution in [0.15, 0.2) is 47.2 Å². The number of hydroxylamine groups is 2. The van der Waals surface area contributed by atoms with Crippen molar-refractivity contribution in [2.45, 2.75) is 44.5 Å². The number of aromatic nitrogens is 3. The van der Waals surface area contributed by atoms with Gasteiger partial charge in [0.25, 0.3) is 11.8 Å². The Morgan fingerprint density at radius 3 is 2.54 bits per heavy atom. The molecule has 0 bridgehead atoms. The molecule has 1 aliphatic rings. The highest BCUT2D eigenvalue weighted by Gasteiger charge is 2.57. The molecule has 4 rings (SSSR count). The molecule has 248 valence electrons. The van der Waals surface area contributed by atoms with Crippen LogP contribution in [0.3, 0.4) is 0 Å². The van der Waals surface area contributed by atoms with Gasteiger partial charge in [0.1, 0.15) is 11.7 Å². The number of carboxylic acid groups (broad SMARTS) is 1. The third kappa shape index (κ3) is 7.95. The Hall–Kier alpha value is -4.63. The number of oxime groups is 1. The Balaban J connectivity index is 1.44. The third-order valence-corrected chi connectivity index (χ3v) is 7.97. The number of hydrogen-bond acceptors (Lipinski definition) is 14. The van der Waals surface area contributed by atoms with Crippen molar-refractivity contribution >= 4 is 56.1 Å². The van der Waals surface area contributed by atoms with Crippen molar-refractivity contribution in [1.29, 1.82) is 0 Å². The lowest BCUT2D eigenvalue weighted by Gasteiger charge is -2.51. The number of amides is 2. The number of anilines is 2. The second-order valence-corrected chi connectivity index (χ2v) is 12.5. The Kier molecular flexibility index (Phi) is 10.3. The maximum absolute atomic E-state index is 13.2. The van der Waals surface area contributed by atoms with E-state index in [-0.39, 0.29) is 17.4 Å². The number of nitrogens with two attached hydrogens (primary N) is 2. The first-order valence-corrected chi connectivity index (χ1v) is 15.9. The second-order valence-electron chi connectivity index (χ2n) is 10.7. The molecular weight excluding hydrogens is 646 g/mol. The van der Waals surface area contributed by atoms with Crippen LogP contribution in [0.1, 0.15) is 26.0 Å². The van der Waals surface area contributed by atoms with Gasteiger partial charge in [-0.1, -0.05) is 17.3 Å². The maximum atomic E-state index is 13.2. The van der Waals surface area contributed by atoms with Gasteiger partial charge in [0.15, 0.2) is 17.9 Å². The second kappa shape index (κ2) is 13.8. The fourth-order valence-electron chi connectivity index (χ4n) is 4.48. The average Bonchev–Trinajstić information content (AvgIpc) is 3.59. The first-order chi connectivity index (χ1) is 21.6. The lowest BCUT2D eigenvalue weighted by molar-refractivity contribution is -0.753. The van der Waals surface area contributed by atoms with E-state index in [0.717, 1.165) is 35.4 Å². The molecule has 1 unspecified atom stereocenters. The van der Waals surface area contributed by atoms with Crippen LogP contribution in [-0.4, -0.2) is 87.1 Å². The van der Waals surface area contributed by atoms with E-state index in [9.17, 15) is 32.5 Å². The molecule has 0 aliphatic carbocycles. The number of rotatable bonds is 15. The van der Waals surface area contributed by atoms with Gasteiger partial charge in [-0.05, 0) is 44.5 Å². The summed E-state index contributed by atoms with van der Waals surface area (Å²) in [6, 6.07) is 5.95. The van der Waals surface area contributed by atoms with Crippen LogP contribution < -0.4 is 26.8 Å². The number of carbonyl (C=O) groups is 3. The van der Waals surface area contributed by atoms with Gasteiger partial charge in [-0.3, -0.25) is 9.59 Å². The van der Waals surface area contributed by atoms with Crippen molar-refractivity contribution < 1.29 is 46.3 Å². The number of thiazole rings is 1. The summed E-state index contributed by atoms with van der Waals surface area (Å²) in [5.74, 6) is -3.43. The first kappa shape index (κ1) is 34.2. The monoisotopic (exact) mass is 679 g/mol. The summed E-state index contributed by atoms with van der Waals surface area (Å²) < 4.78 is 41.1.